The van der Waals surface area contributed by atoms with Crippen molar-refractivity contribution in [2.45, 2.75) is 78.2 Å². The van der Waals surface area contributed by atoms with Crippen LogP contribution in [0.1, 0.15) is 72.1 Å². The van der Waals surface area contributed by atoms with Crippen molar-refractivity contribution in [2.75, 3.05) is 6.61 Å². The number of fused-ring (bicyclic) bond motifs is 3. The highest BCUT2D eigenvalue weighted by atomic mass is 16.3. The molecular weight excluding hydrogens is 272 g/mol. The Morgan fingerprint density at radius 3 is 2.41 bits per heavy atom. The third-order valence-corrected chi connectivity index (χ3v) is 8.99. The molecule has 0 aromatic rings. The molecule has 0 saturated heterocycles. The van der Waals surface area contributed by atoms with Gasteiger partial charge in [0.05, 0.1) is 6.10 Å². The Morgan fingerprint density at radius 1 is 0.955 bits per heavy atom. The largest absolute Gasteiger partial charge is 0.396 e. The molecule has 5 saturated carbocycles. The third-order valence-electron chi connectivity index (χ3n) is 8.99. The van der Waals surface area contributed by atoms with E-state index in [-0.39, 0.29) is 24.0 Å². The molecule has 5 rings (SSSR count). The average Bonchev–Trinajstić information content (AvgIpc) is 2.47. The van der Waals surface area contributed by atoms with E-state index < -0.39 is 0 Å². The van der Waals surface area contributed by atoms with Crippen LogP contribution in [0.5, 0.6) is 0 Å². The van der Waals surface area contributed by atoms with Crippen LogP contribution in [0.3, 0.4) is 0 Å². The molecule has 0 heterocycles. The van der Waals surface area contributed by atoms with Crippen molar-refractivity contribution >= 4 is 0 Å². The van der Waals surface area contributed by atoms with Crippen molar-refractivity contribution in [3.63, 3.8) is 0 Å². The van der Waals surface area contributed by atoms with Crippen LogP contribution in [0, 0.1) is 39.9 Å². The van der Waals surface area contributed by atoms with E-state index in [1.54, 1.807) is 0 Å². The van der Waals surface area contributed by atoms with Crippen LogP contribution in [0.25, 0.3) is 0 Å². The molecule has 2 N–H and O–H groups in total. The molecule has 2 bridgehead atoms. The molecule has 126 valence electrons. The fourth-order valence-corrected chi connectivity index (χ4v) is 8.05. The molecule has 22 heavy (non-hydrogen) atoms. The summed E-state index contributed by atoms with van der Waals surface area (Å²) in [5.74, 6) is 2.23. The van der Waals surface area contributed by atoms with Crippen LogP contribution in [0.4, 0.5) is 0 Å². The predicted molar refractivity (Wildman–Crippen MR) is 88.3 cm³/mol. The van der Waals surface area contributed by atoms with Gasteiger partial charge >= 0.3 is 0 Å². The lowest BCUT2D eigenvalue weighted by Gasteiger charge is -2.70. The Hall–Kier alpha value is -0.0800. The Balaban J connectivity index is 1.74. The second kappa shape index (κ2) is 4.72. The second-order valence-electron chi connectivity index (χ2n) is 10.1. The van der Waals surface area contributed by atoms with Gasteiger partial charge in [-0.1, -0.05) is 27.2 Å². The first-order valence-electron chi connectivity index (χ1n) is 9.64. The smallest absolute Gasteiger partial charge is 0.0651 e. The Bertz CT molecular complexity index is 459. The summed E-state index contributed by atoms with van der Waals surface area (Å²) in [6.45, 7) is 7.72. The summed E-state index contributed by atoms with van der Waals surface area (Å²) in [6.07, 6.45) is 10.0. The zero-order valence-corrected chi connectivity index (χ0v) is 14.6. The zero-order valence-electron chi connectivity index (χ0n) is 14.6. The van der Waals surface area contributed by atoms with Crippen molar-refractivity contribution in [2.24, 2.45) is 39.9 Å². The van der Waals surface area contributed by atoms with Gasteiger partial charge in [0.15, 0.2) is 0 Å². The minimum atomic E-state index is -0.252. The van der Waals surface area contributed by atoms with Gasteiger partial charge < -0.3 is 10.2 Å². The first-order valence-corrected chi connectivity index (χ1v) is 9.64. The van der Waals surface area contributed by atoms with E-state index in [4.69, 9.17) is 0 Å². The van der Waals surface area contributed by atoms with Crippen LogP contribution in [-0.2, 0) is 0 Å². The highest BCUT2D eigenvalue weighted by molar-refractivity contribution is 5.15. The maximum absolute atomic E-state index is 11.1. The van der Waals surface area contributed by atoms with Gasteiger partial charge in [0.2, 0.25) is 0 Å². The van der Waals surface area contributed by atoms with Gasteiger partial charge in [0.25, 0.3) is 0 Å². The topological polar surface area (TPSA) is 40.5 Å². The van der Waals surface area contributed by atoms with E-state index in [1.807, 2.05) is 0 Å². The first-order chi connectivity index (χ1) is 10.3. The van der Waals surface area contributed by atoms with E-state index in [0.29, 0.717) is 22.7 Å². The van der Waals surface area contributed by atoms with Gasteiger partial charge in [-0.05, 0) is 73.5 Å². The normalized spacial score (nSPS) is 56.3. The van der Waals surface area contributed by atoms with E-state index >= 15 is 0 Å². The maximum Gasteiger partial charge on any atom is 0.0651 e. The highest BCUT2D eigenvalue weighted by Gasteiger charge is 2.66. The van der Waals surface area contributed by atoms with Gasteiger partial charge in [-0.15, -0.1) is 0 Å². The van der Waals surface area contributed by atoms with Crippen LogP contribution in [0.2, 0.25) is 0 Å². The molecule has 2 heteroatoms. The fourth-order valence-electron chi connectivity index (χ4n) is 8.05. The minimum Gasteiger partial charge on any atom is -0.396 e. The van der Waals surface area contributed by atoms with E-state index in [1.165, 1.54) is 51.4 Å². The lowest BCUT2D eigenvalue weighted by molar-refractivity contribution is -0.246. The van der Waals surface area contributed by atoms with Gasteiger partial charge in [0.1, 0.15) is 0 Å². The Kier molecular flexibility index (Phi) is 3.32. The molecule has 5 aliphatic carbocycles. The van der Waals surface area contributed by atoms with Crippen molar-refractivity contribution in [1.82, 2.24) is 0 Å². The quantitative estimate of drug-likeness (QED) is 0.769. The summed E-state index contributed by atoms with van der Waals surface area (Å²) >= 11 is 0. The molecule has 1 spiro atoms. The Morgan fingerprint density at radius 2 is 1.68 bits per heavy atom. The summed E-state index contributed by atoms with van der Waals surface area (Å²) in [5, 5.41) is 20.9. The van der Waals surface area contributed by atoms with Gasteiger partial charge in [0, 0.05) is 17.9 Å². The number of aliphatic hydroxyl groups excluding tert-OH is 2. The van der Waals surface area contributed by atoms with Crippen LogP contribution in [-0.4, -0.2) is 22.9 Å². The average molecular weight is 306 g/mol. The molecule has 2 nitrogen and oxygen atoms in total. The van der Waals surface area contributed by atoms with E-state index in [9.17, 15) is 10.2 Å². The van der Waals surface area contributed by atoms with Crippen molar-refractivity contribution in [3.8, 4) is 0 Å². The molecular formula is C20H34O2. The molecule has 0 amide bonds. The van der Waals surface area contributed by atoms with Crippen LogP contribution >= 0.6 is 0 Å². The summed E-state index contributed by atoms with van der Waals surface area (Å²) < 4.78 is 0. The van der Waals surface area contributed by atoms with Crippen molar-refractivity contribution in [1.29, 1.82) is 0 Å². The van der Waals surface area contributed by atoms with E-state index in [0.717, 1.165) is 5.92 Å². The molecule has 5 fully saturated rings. The minimum absolute atomic E-state index is 0.126. The standard InChI is InChI=1S/C20H34O2/c1-18(2)7-4-8-19(3)15(18)6-10-20-9-5-13(11-16(19)20)14(12-21)17(20)22/h13-17,21-22H,4-12H2,1-3H3/t13?,14?,15?,16?,17?,19-,20?/m1/s1. The number of hydrogen-bond acceptors (Lipinski definition) is 2. The zero-order chi connectivity index (χ0) is 15.8. The third kappa shape index (κ3) is 1.75. The molecule has 0 aromatic heterocycles. The molecule has 0 aromatic carbocycles. The van der Waals surface area contributed by atoms with Gasteiger partial charge in [-0.25, -0.2) is 0 Å². The SMILES string of the molecule is CC1(C)CCC[C@]2(C)C1CCC13CCC(CC12)C(CO)C3O. The van der Waals surface area contributed by atoms with Crippen LogP contribution < -0.4 is 0 Å². The van der Waals surface area contributed by atoms with Gasteiger partial charge in [-0.2, -0.15) is 0 Å². The monoisotopic (exact) mass is 306 g/mol. The summed E-state index contributed by atoms with van der Waals surface area (Å²) in [4.78, 5) is 0. The molecule has 5 aliphatic rings. The maximum atomic E-state index is 11.1. The van der Waals surface area contributed by atoms with E-state index in [2.05, 4.69) is 20.8 Å². The van der Waals surface area contributed by atoms with Crippen molar-refractivity contribution in [3.05, 3.63) is 0 Å². The van der Waals surface area contributed by atoms with Crippen molar-refractivity contribution < 1.29 is 10.2 Å². The first kappa shape index (κ1) is 15.4. The van der Waals surface area contributed by atoms with Crippen LogP contribution in [0.15, 0.2) is 0 Å². The summed E-state index contributed by atoms with van der Waals surface area (Å²) in [5.41, 5.74) is 1.01. The molecule has 7 atom stereocenters. The number of rotatable bonds is 1. The lowest BCUT2D eigenvalue weighted by Crippen LogP contribution is -2.66. The fraction of sp³-hybridized carbons (Fsp3) is 1.00. The second-order valence-corrected chi connectivity index (χ2v) is 10.1. The summed E-state index contributed by atoms with van der Waals surface area (Å²) in [7, 11) is 0. The van der Waals surface area contributed by atoms with Gasteiger partial charge in [-0.3, -0.25) is 0 Å². The lowest BCUT2D eigenvalue weighted by atomic mass is 9.36. The number of aliphatic hydroxyl groups is 2. The highest BCUT2D eigenvalue weighted by Crippen LogP contribution is 2.72. The summed E-state index contributed by atoms with van der Waals surface area (Å²) in [6, 6.07) is 0. The molecule has 0 aliphatic heterocycles. The predicted octanol–water partition coefficient (Wildman–Crippen LogP) is 4.00. The number of hydrogen-bond donors (Lipinski definition) is 2. The Labute approximate surface area is 135 Å². The molecule has 6 unspecified atom stereocenters. The molecule has 0 radical (unpaired) electrons.